The largest absolute Gasteiger partial charge is 0.463 e. The highest BCUT2D eigenvalue weighted by molar-refractivity contribution is 5.86. The van der Waals surface area contributed by atoms with Crippen LogP contribution in [-0.4, -0.2) is 49.1 Å². The SMILES string of the molecule is COC(=O)c1ccc(CN2CCN(c3ccc(C(F)(F)F)cc3[N+](=O)[O-])CC2)o1. The molecular weight excluding hydrogens is 395 g/mol. The fraction of sp³-hybridized carbons (Fsp3) is 0.389. The van der Waals surface area contributed by atoms with E-state index in [1.807, 2.05) is 4.90 Å². The van der Waals surface area contributed by atoms with Crippen LogP contribution in [-0.2, 0) is 17.5 Å². The lowest BCUT2D eigenvalue weighted by Gasteiger charge is -2.35. The highest BCUT2D eigenvalue weighted by atomic mass is 19.4. The Balaban J connectivity index is 1.67. The van der Waals surface area contributed by atoms with E-state index in [1.54, 1.807) is 11.0 Å². The van der Waals surface area contributed by atoms with E-state index in [0.717, 1.165) is 12.1 Å². The van der Waals surface area contributed by atoms with E-state index >= 15 is 0 Å². The molecule has 1 aromatic heterocycles. The van der Waals surface area contributed by atoms with Gasteiger partial charge in [-0.15, -0.1) is 0 Å². The molecule has 1 aromatic carbocycles. The molecule has 1 fully saturated rings. The van der Waals surface area contributed by atoms with Crippen molar-refractivity contribution in [3.63, 3.8) is 0 Å². The molecule has 0 unspecified atom stereocenters. The quantitative estimate of drug-likeness (QED) is 0.422. The Morgan fingerprint density at radius 3 is 2.48 bits per heavy atom. The van der Waals surface area contributed by atoms with E-state index in [2.05, 4.69) is 4.74 Å². The number of hydrogen-bond donors (Lipinski definition) is 0. The first-order valence-electron chi connectivity index (χ1n) is 8.69. The molecule has 0 spiro atoms. The molecule has 0 bridgehead atoms. The van der Waals surface area contributed by atoms with Crippen LogP contribution in [0.2, 0.25) is 0 Å². The summed E-state index contributed by atoms with van der Waals surface area (Å²) < 4.78 is 48.6. The summed E-state index contributed by atoms with van der Waals surface area (Å²) in [5, 5.41) is 11.3. The number of piperazine rings is 1. The highest BCUT2D eigenvalue weighted by Gasteiger charge is 2.34. The summed E-state index contributed by atoms with van der Waals surface area (Å²) in [6.45, 7) is 2.27. The van der Waals surface area contributed by atoms with Gasteiger partial charge in [0.25, 0.3) is 5.69 Å². The molecule has 1 aliphatic heterocycles. The van der Waals surface area contributed by atoms with E-state index < -0.39 is 28.3 Å². The molecule has 0 saturated carbocycles. The van der Waals surface area contributed by atoms with Crippen LogP contribution < -0.4 is 4.90 Å². The van der Waals surface area contributed by atoms with Crippen LogP contribution in [0.1, 0.15) is 21.9 Å². The number of halogens is 3. The first kappa shape index (κ1) is 20.6. The molecule has 0 N–H and O–H groups in total. The van der Waals surface area contributed by atoms with Gasteiger partial charge in [-0.2, -0.15) is 13.2 Å². The number of furan rings is 1. The minimum Gasteiger partial charge on any atom is -0.463 e. The standard InChI is InChI=1S/C18H18F3N3O5/c1-28-17(25)16-5-3-13(29-16)11-22-6-8-23(9-7-22)14-4-2-12(18(19,20)21)10-15(14)24(26)27/h2-5,10H,6-9,11H2,1H3. The zero-order valence-electron chi connectivity index (χ0n) is 15.4. The average Bonchev–Trinajstić information content (AvgIpc) is 3.15. The van der Waals surface area contributed by atoms with Gasteiger partial charge in [-0.05, 0) is 24.3 Å². The lowest BCUT2D eigenvalue weighted by Crippen LogP contribution is -2.46. The number of hydrogen-bond acceptors (Lipinski definition) is 7. The molecule has 2 heterocycles. The smallest absolute Gasteiger partial charge is 0.416 e. The van der Waals surface area contributed by atoms with Crippen LogP contribution in [0.4, 0.5) is 24.5 Å². The Morgan fingerprint density at radius 2 is 1.90 bits per heavy atom. The number of carbonyl (C=O) groups is 1. The number of methoxy groups -OCH3 is 1. The van der Waals surface area contributed by atoms with Crippen LogP contribution in [0.5, 0.6) is 0 Å². The zero-order chi connectivity index (χ0) is 21.2. The van der Waals surface area contributed by atoms with Crippen molar-refractivity contribution >= 4 is 17.3 Å². The van der Waals surface area contributed by atoms with Crippen LogP contribution in [0.15, 0.2) is 34.7 Å². The minimum absolute atomic E-state index is 0.0986. The number of anilines is 1. The van der Waals surface area contributed by atoms with Crippen LogP contribution in [0, 0.1) is 10.1 Å². The van der Waals surface area contributed by atoms with E-state index in [-0.39, 0.29) is 11.4 Å². The Bertz CT molecular complexity index is 904. The van der Waals surface area contributed by atoms with E-state index in [9.17, 15) is 28.1 Å². The normalized spacial score (nSPS) is 15.4. The van der Waals surface area contributed by atoms with Gasteiger partial charge in [0.15, 0.2) is 0 Å². The molecule has 1 saturated heterocycles. The summed E-state index contributed by atoms with van der Waals surface area (Å²) in [5.74, 6) is 0.0940. The Labute approximate surface area is 163 Å². The van der Waals surface area contributed by atoms with Crippen molar-refractivity contribution in [2.75, 3.05) is 38.2 Å². The average molecular weight is 413 g/mol. The number of benzene rings is 1. The highest BCUT2D eigenvalue weighted by Crippen LogP contribution is 2.36. The number of ether oxygens (including phenoxy) is 1. The molecule has 11 heteroatoms. The molecule has 0 aliphatic carbocycles. The predicted molar refractivity (Wildman–Crippen MR) is 95.6 cm³/mol. The third-order valence-electron chi connectivity index (χ3n) is 4.64. The van der Waals surface area contributed by atoms with Crippen LogP contribution in [0.3, 0.4) is 0 Å². The van der Waals surface area contributed by atoms with E-state index in [0.29, 0.717) is 44.6 Å². The Kier molecular flexibility index (Phi) is 5.78. The molecule has 3 rings (SSSR count). The van der Waals surface area contributed by atoms with Gasteiger partial charge in [-0.1, -0.05) is 0 Å². The maximum absolute atomic E-state index is 12.9. The number of rotatable bonds is 5. The topological polar surface area (TPSA) is 89.1 Å². The van der Waals surface area contributed by atoms with Crippen molar-refractivity contribution in [1.29, 1.82) is 0 Å². The Hall–Kier alpha value is -3.08. The number of carbonyl (C=O) groups excluding carboxylic acids is 1. The fourth-order valence-electron chi connectivity index (χ4n) is 3.15. The van der Waals surface area contributed by atoms with Gasteiger partial charge < -0.3 is 14.1 Å². The second kappa shape index (κ2) is 8.11. The van der Waals surface area contributed by atoms with Crippen molar-refractivity contribution in [2.45, 2.75) is 12.7 Å². The number of nitrogens with zero attached hydrogens (tertiary/aromatic N) is 3. The summed E-state index contributed by atoms with van der Waals surface area (Å²) in [6, 6.07) is 5.75. The van der Waals surface area contributed by atoms with Crippen LogP contribution in [0.25, 0.3) is 0 Å². The number of esters is 1. The number of alkyl halides is 3. The predicted octanol–water partition coefficient (Wildman–Crippen LogP) is 3.32. The zero-order valence-corrected chi connectivity index (χ0v) is 15.4. The van der Waals surface area contributed by atoms with Crippen molar-refractivity contribution in [2.24, 2.45) is 0 Å². The minimum atomic E-state index is -4.64. The van der Waals surface area contributed by atoms with Gasteiger partial charge >= 0.3 is 12.1 Å². The van der Waals surface area contributed by atoms with Gasteiger partial charge in [0, 0.05) is 32.2 Å². The molecule has 156 valence electrons. The van der Waals surface area contributed by atoms with E-state index in [1.165, 1.54) is 13.2 Å². The fourth-order valence-corrected chi connectivity index (χ4v) is 3.15. The summed E-state index contributed by atoms with van der Waals surface area (Å²) in [5.41, 5.74) is -1.46. The van der Waals surface area contributed by atoms with Gasteiger partial charge in [0.1, 0.15) is 11.4 Å². The third-order valence-corrected chi connectivity index (χ3v) is 4.64. The molecule has 0 atom stereocenters. The van der Waals surface area contributed by atoms with E-state index in [4.69, 9.17) is 4.42 Å². The van der Waals surface area contributed by atoms with Gasteiger partial charge in [-0.3, -0.25) is 15.0 Å². The monoisotopic (exact) mass is 413 g/mol. The molecule has 0 radical (unpaired) electrons. The van der Waals surface area contributed by atoms with Crippen molar-refractivity contribution in [1.82, 2.24) is 4.90 Å². The summed E-state index contributed by atoms with van der Waals surface area (Å²) >= 11 is 0. The summed E-state index contributed by atoms with van der Waals surface area (Å²) in [7, 11) is 1.25. The lowest BCUT2D eigenvalue weighted by atomic mass is 10.1. The summed E-state index contributed by atoms with van der Waals surface area (Å²) in [6.07, 6.45) is -4.64. The molecule has 29 heavy (non-hydrogen) atoms. The maximum atomic E-state index is 12.9. The van der Waals surface area contributed by atoms with Crippen molar-refractivity contribution < 1.29 is 32.0 Å². The molecule has 0 amide bonds. The van der Waals surface area contributed by atoms with Crippen LogP contribution >= 0.6 is 0 Å². The molecule has 2 aromatic rings. The van der Waals surface area contributed by atoms with Gasteiger partial charge in [-0.25, -0.2) is 4.79 Å². The third kappa shape index (κ3) is 4.67. The first-order valence-corrected chi connectivity index (χ1v) is 8.69. The second-order valence-electron chi connectivity index (χ2n) is 6.48. The van der Waals surface area contributed by atoms with Crippen molar-refractivity contribution in [3.8, 4) is 0 Å². The number of nitro groups is 1. The molecular formula is C18H18F3N3O5. The summed E-state index contributed by atoms with van der Waals surface area (Å²) in [4.78, 5) is 25.6. The lowest BCUT2D eigenvalue weighted by molar-refractivity contribution is -0.384. The second-order valence-corrected chi connectivity index (χ2v) is 6.48. The molecule has 8 nitrogen and oxygen atoms in total. The first-order chi connectivity index (χ1) is 13.7. The number of nitro benzene ring substituents is 1. The van der Waals surface area contributed by atoms with Crippen molar-refractivity contribution in [3.05, 3.63) is 57.5 Å². The van der Waals surface area contributed by atoms with Gasteiger partial charge in [0.05, 0.1) is 24.1 Å². The molecule has 1 aliphatic rings. The van der Waals surface area contributed by atoms with Gasteiger partial charge in [0.2, 0.25) is 5.76 Å². The maximum Gasteiger partial charge on any atom is 0.416 e. The Morgan fingerprint density at radius 1 is 1.21 bits per heavy atom.